The van der Waals surface area contributed by atoms with Crippen LogP contribution in [0.2, 0.25) is 0 Å². The van der Waals surface area contributed by atoms with Crippen LogP contribution in [0.15, 0.2) is 0 Å². The maximum absolute atomic E-state index is 9.89. The minimum atomic E-state index is -0.104. The molecular formula is C15H30N2O. The van der Waals surface area contributed by atoms with Crippen LogP contribution in [-0.4, -0.2) is 47.8 Å². The first-order valence-electron chi connectivity index (χ1n) is 7.93. The Balaban J connectivity index is 1.57. The lowest BCUT2D eigenvalue weighted by atomic mass is 9.92. The molecule has 2 aliphatic rings. The molecule has 2 rings (SSSR count). The van der Waals surface area contributed by atoms with E-state index in [4.69, 9.17) is 0 Å². The van der Waals surface area contributed by atoms with E-state index in [2.05, 4.69) is 17.1 Å². The van der Waals surface area contributed by atoms with Crippen LogP contribution in [-0.2, 0) is 0 Å². The molecule has 0 radical (unpaired) electrons. The van der Waals surface area contributed by atoms with Gasteiger partial charge in [0.05, 0.1) is 6.10 Å². The second-order valence-corrected chi connectivity index (χ2v) is 6.15. The van der Waals surface area contributed by atoms with Crippen LogP contribution < -0.4 is 5.32 Å². The highest BCUT2D eigenvalue weighted by molar-refractivity contribution is 4.80. The topological polar surface area (TPSA) is 35.5 Å². The number of likely N-dealkylation sites (tertiary alicyclic amines) is 1. The Morgan fingerprint density at radius 1 is 1.11 bits per heavy atom. The van der Waals surface area contributed by atoms with E-state index in [0.29, 0.717) is 6.04 Å². The lowest BCUT2D eigenvalue weighted by Crippen LogP contribution is -2.44. The number of nitrogens with one attached hydrogen (secondary N) is 1. The van der Waals surface area contributed by atoms with E-state index < -0.39 is 0 Å². The zero-order valence-corrected chi connectivity index (χ0v) is 11.9. The van der Waals surface area contributed by atoms with Gasteiger partial charge in [-0.1, -0.05) is 19.3 Å². The molecule has 106 valence electrons. The van der Waals surface area contributed by atoms with E-state index >= 15 is 0 Å². The lowest BCUT2D eigenvalue weighted by Gasteiger charge is -2.34. The molecule has 1 aliphatic heterocycles. The molecule has 3 heteroatoms. The monoisotopic (exact) mass is 254 g/mol. The number of hydrogen-bond acceptors (Lipinski definition) is 3. The molecule has 1 saturated carbocycles. The summed E-state index contributed by atoms with van der Waals surface area (Å²) in [7, 11) is 0. The molecule has 1 unspecified atom stereocenters. The fraction of sp³-hybridized carbons (Fsp3) is 1.00. The Kier molecular flexibility index (Phi) is 5.93. The van der Waals surface area contributed by atoms with Crippen LogP contribution in [0.3, 0.4) is 0 Å². The van der Waals surface area contributed by atoms with Crippen molar-refractivity contribution in [2.45, 2.75) is 76.5 Å². The summed E-state index contributed by atoms with van der Waals surface area (Å²) in [5.41, 5.74) is 0. The van der Waals surface area contributed by atoms with Crippen molar-refractivity contribution in [3.8, 4) is 0 Å². The zero-order valence-electron chi connectivity index (χ0n) is 11.9. The standard InChI is InChI=1S/C15H30N2O/c1-13-7-4-5-11-17(13)12-6-10-16-14-8-2-3-9-15(14)18/h13-16,18H,2-12H2,1H3/t13?,14-,15-/m1/s1. The fourth-order valence-electron chi connectivity index (χ4n) is 3.41. The Labute approximate surface area is 112 Å². The fourth-order valence-corrected chi connectivity index (χ4v) is 3.41. The molecule has 3 nitrogen and oxygen atoms in total. The van der Waals surface area contributed by atoms with Gasteiger partial charge in [0.25, 0.3) is 0 Å². The summed E-state index contributed by atoms with van der Waals surface area (Å²) in [6, 6.07) is 1.14. The van der Waals surface area contributed by atoms with Crippen molar-refractivity contribution in [1.29, 1.82) is 0 Å². The highest BCUT2D eigenvalue weighted by Crippen LogP contribution is 2.19. The van der Waals surface area contributed by atoms with Crippen molar-refractivity contribution in [3.63, 3.8) is 0 Å². The third-order valence-electron chi connectivity index (χ3n) is 4.70. The Hall–Kier alpha value is -0.120. The first kappa shape index (κ1) is 14.3. The van der Waals surface area contributed by atoms with E-state index in [1.165, 1.54) is 51.6 Å². The zero-order chi connectivity index (χ0) is 12.8. The lowest BCUT2D eigenvalue weighted by molar-refractivity contribution is 0.0895. The normalized spacial score (nSPS) is 34.7. The molecular weight excluding hydrogens is 224 g/mol. The summed E-state index contributed by atoms with van der Waals surface area (Å²) in [6.07, 6.45) is 9.88. The largest absolute Gasteiger partial charge is 0.392 e. The highest BCUT2D eigenvalue weighted by Gasteiger charge is 2.22. The maximum Gasteiger partial charge on any atom is 0.0693 e. The molecule has 0 aromatic carbocycles. The van der Waals surface area contributed by atoms with Crippen LogP contribution >= 0.6 is 0 Å². The van der Waals surface area contributed by atoms with Crippen LogP contribution in [0.1, 0.15) is 58.3 Å². The molecule has 1 aliphatic carbocycles. The van der Waals surface area contributed by atoms with E-state index in [1.54, 1.807) is 0 Å². The number of piperidine rings is 1. The molecule has 0 aromatic heterocycles. The van der Waals surface area contributed by atoms with Gasteiger partial charge in [0, 0.05) is 12.1 Å². The number of aliphatic hydroxyl groups excluding tert-OH is 1. The van der Waals surface area contributed by atoms with Crippen LogP contribution in [0.25, 0.3) is 0 Å². The van der Waals surface area contributed by atoms with Crippen LogP contribution in [0.5, 0.6) is 0 Å². The summed E-state index contributed by atoms with van der Waals surface area (Å²) in [5, 5.41) is 13.4. The molecule has 0 bridgehead atoms. The summed E-state index contributed by atoms with van der Waals surface area (Å²) < 4.78 is 0. The average molecular weight is 254 g/mol. The molecule has 18 heavy (non-hydrogen) atoms. The predicted octanol–water partition coefficient (Wildman–Crippen LogP) is 2.14. The smallest absolute Gasteiger partial charge is 0.0693 e. The maximum atomic E-state index is 9.89. The summed E-state index contributed by atoms with van der Waals surface area (Å²) in [6.45, 7) is 5.92. The second-order valence-electron chi connectivity index (χ2n) is 6.15. The Morgan fingerprint density at radius 2 is 1.89 bits per heavy atom. The van der Waals surface area contributed by atoms with Crippen LogP contribution in [0.4, 0.5) is 0 Å². The first-order chi connectivity index (χ1) is 8.77. The van der Waals surface area contributed by atoms with Gasteiger partial charge in [-0.25, -0.2) is 0 Å². The van der Waals surface area contributed by atoms with Crippen molar-refractivity contribution in [1.82, 2.24) is 10.2 Å². The van der Waals surface area contributed by atoms with E-state index in [0.717, 1.165) is 25.4 Å². The van der Waals surface area contributed by atoms with Gasteiger partial charge in [-0.3, -0.25) is 0 Å². The molecule has 1 heterocycles. The predicted molar refractivity (Wildman–Crippen MR) is 75.8 cm³/mol. The molecule has 0 spiro atoms. The minimum absolute atomic E-state index is 0.104. The second kappa shape index (κ2) is 7.46. The van der Waals surface area contributed by atoms with E-state index in [-0.39, 0.29) is 6.10 Å². The Bertz CT molecular complexity index is 211. The number of aliphatic hydroxyl groups is 1. The third kappa shape index (κ3) is 4.22. The average Bonchev–Trinajstić information content (AvgIpc) is 2.38. The molecule has 1 saturated heterocycles. The van der Waals surface area contributed by atoms with Gasteiger partial charge < -0.3 is 15.3 Å². The summed E-state index contributed by atoms with van der Waals surface area (Å²) in [4.78, 5) is 2.63. The van der Waals surface area contributed by atoms with Gasteiger partial charge in [-0.15, -0.1) is 0 Å². The van der Waals surface area contributed by atoms with Crippen molar-refractivity contribution >= 4 is 0 Å². The summed E-state index contributed by atoms with van der Waals surface area (Å²) in [5.74, 6) is 0. The number of hydrogen-bond donors (Lipinski definition) is 2. The van der Waals surface area contributed by atoms with Crippen LogP contribution in [0, 0.1) is 0 Å². The van der Waals surface area contributed by atoms with Gasteiger partial charge >= 0.3 is 0 Å². The van der Waals surface area contributed by atoms with Gasteiger partial charge in [-0.05, 0) is 58.7 Å². The van der Waals surface area contributed by atoms with Gasteiger partial charge in [0.2, 0.25) is 0 Å². The van der Waals surface area contributed by atoms with Crippen molar-refractivity contribution in [2.24, 2.45) is 0 Å². The molecule has 0 amide bonds. The molecule has 0 aromatic rings. The van der Waals surface area contributed by atoms with Crippen molar-refractivity contribution in [3.05, 3.63) is 0 Å². The minimum Gasteiger partial charge on any atom is -0.392 e. The number of rotatable bonds is 5. The van der Waals surface area contributed by atoms with Crippen molar-refractivity contribution < 1.29 is 5.11 Å². The molecule has 2 N–H and O–H groups in total. The highest BCUT2D eigenvalue weighted by atomic mass is 16.3. The van der Waals surface area contributed by atoms with Gasteiger partial charge in [-0.2, -0.15) is 0 Å². The first-order valence-corrected chi connectivity index (χ1v) is 7.93. The van der Waals surface area contributed by atoms with Gasteiger partial charge in [0.1, 0.15) is 0 Å². The molecule has 3 atom stereocenters. The Morgan fingerprint density at radius 3 is 2.67 bits per heavy atom. The van der Waals surface area contributed by atoms with E-state index in [9.17, 15) is 5.11 Å². The quantitative estimate of drug-likeness (QED) is 0.738. The molecule has 2 fully saturated rings. The van der Waals surface area contributed by atoms with Crippen molar-refractivity contribution in [2.75, 3.05) is 19.6 Å². The third-order valence-corrected chi connectivity index (χ3v) is 4.70. The van der Waals surface area contributed by atoms with E-state index in [1.807, 2.05) is 0 Å². The SMILES string of the molecule is CC1CCCCN1CCCN[C@@H]1CCCC[C@H]1O. The van der Waals surface area contributed by atoms with Gasteiger partial charge in [0.15, 0.2) is 0 Å². The summed E-state index contributed by atoms with van der Waals surface area (Å²) >= 11 is 0. The number of nitrogens with zero attached hydrogens (tertiary/aromatic N) is 1.